The van der Waals surface area contributed by atoms with Crippen molar-refractivity contribution in [2.45, 2.75) is 31.4 Å². The number of Topliss-reactive ketones (excluding diaryl/α,β-unsaturated/α-hetero) is 1. The maximum atomic E-state index is 12.6. The van der Waals surface area contributed by atoms with Gasteiger partial charge in [-0.05, 0) is 31.9 Å². The van der Waals surface area contributed by atoms with Crippen LogP contribution in [0.3, 0.4) is 0 Å². The number of carbonyl (C=O) groups excluding carboxylic acids is 1. The van der Waals surface area contributed by atoms with E-state index in [0.29, 0.717) is 18.4 Å². The second kappa shape index (κ2) is 4.74. The number of fused-ring (bicyclic) bond motifs is 1. The van der Waals surface area contributed by atoms with Crippen molar-refractivity contribution in [2.75, 3.05) is 5.75 Å². The van der Waals surface area contributed by atoms with E-state index in [0.717, 1.165) is 22.9 Å². The number of ketones is 1. The van der Waals surface area contributed by atoms with Crippen molar-refractivity contribution in [3.8, 4) is 0 Å². The first-order valence-electron chi connectivity index (χ1n) is 6.82. The van der Waals surface area contributed by atoms with Gasteiger partial charge in [0.2, 0.25) is 0 Å². The molecule has 20 heavy (non-hydrogen) atoms. The molecule has 1 aliphatic rings. The molecule has 1 aromatic carbocycles. The fraction of sp³-hybridized carbons (Fsp3) is 0.400. The van der Waals surface area contributed by atoms with Gasteiger partial charge in [-0.3, -0.25) is 4.79 Å². The Morgan fingerprint density at radius 3 is 2.85 bits per heavy atom. The average molecular weight is 291 g/mol. The predicted octanol–water partition coefficient (Wildman–Crippen LogP) is 2.63. The van der Waals surface area contributed by atoms with E-state index in [1.165, 1.54) is 0 Å². The fourth-order valence-electron chi connectivity index (χ4n) is 2.86. The number of hydrogen-bond acceptors (Lipinski definition) is 3. The maximum Gasteiger partial charge on any atom is 0.183 e. The van der Waals surface area contributed by atoms with E-state index in [-0.39, 0.29) is 11.5 Å². The minimum Gasteiger partial charge on any atom is -0.360 e. The number of hydrogen-bond donors (Lipinski definition) is 1. The van der Waals surface area contributed by atoms with Gasteiger partial charge in [0.15, 0.2) is 15.6 Å². The van der Waals surface area contributed by atoms with Gasteiger partial charge in [0.25, 0.3) is 0 Å². The number of rotatable bonds is 2. The van der Waals surface area contributed by atoms with Gasteiger partial charge in [-0.15, -0.1) is 0 Å². The normalized spacial score (nSPS) is 21.9. The lowest BCUT2D eigenvalue weighted by atomic mass is 10.0. The summed E-state index contributed by atoms with van der Waals surface area (Å²) in [5, 5.41) is -0.0495. The van der Waals surface area contributed by atoms with Crippen molar-refractivity contribution in [3.05, 3.63) is 35.5 Å². The Morgan fingerprint density at radius 1 is 1.30 bits per heavy atom. The zero-order valence-electron chi connectivity index (χ0n) is 11.3. The molecule has 1 fully saturated rings. The monoisotopic (exact) mass is 291 g/mol. The third-order valence-electron chi connectivity index (χ3n) is 3.97. The maximum absolute atomic E-state index is 12.6. The van der Waals surface area contributed by atoms with Crippen LogP contribution in [0.1, 0.15) is 35.2 Å². The summed E-state index contributed by atoms with van der Waals surface area (Å²) in [4.78, 5) is 15.6. The first-order valence-corrected chi connectivity index (χ1v) is 8.54. The molecule has 0 saturated carbocycles. The molecule has 1 N–H and O–H groups in total. The van der Waals surface area contributed by atoms with Crippen LogP contribution in [0.25, 0.3) is 10.9 Å². The lowest BCUT2D eigenvalue weighted by molar-refractivity contribution is 0.0983. The number of sulfone groups is 1. The van der Waals surface area contributed by atoms with Crippen molar-refractivity contribution < 1.29 is 13.2 Å². The van der Waals surface area contributed by atoms with Crippen molar-refractivity contribution in [3.63, 3.8) is 0 Å². The molecule has 3 rings (SSSR count). The molecule has 1 unspecified atom stereocenters. The molecule has 1 aliphatic heterocycles. The molecule has 0 spiro atoms. The standard InChI is InChI=1S/C15H17NO3S/c1-10-5-6-13-11(8-10)12(9-16-13)15(17)14-4-2-3-7-20(14,18)19/h5-6,8-9,14,16H,2-4,7H2,1H3. The van der Waals surface area contributed by atoms with Gasteiger partial charge in [-0.25, -0.2) is 8.42 Å². The molecule has 0 radical (unpaired) electrons. The number of nitrogens with one attached hydrogen (secondary N) is 1. The van der Waals surface area contributed by atoms with Crippen molar-refractivity contribution in [2.24, 2.45) is 0 Å². The minimum atomic E-state index is -3.29. The zero-order valence-corrected chi connectivity index (χ0v) is 12.2. The summed E-state index contributed by atoms with van der Waals surface area (Å²) in [6.07, 6.45) is 3.55. The van der Waals surface area contributed by atoms with Gasteiger partial charge in [-0.1, -0.05) is 18.1 Å². The molecule has 0 aliphatic carbocycles. The van der Waals surface area contributed by atoms with Gasteiger partial charge >= 0.3 is 0 Å². The fourth-order valence-corrected chi connectivity index (χ4v) is 4.73. The van der Waals surface area contributed by atoms with E-state index >= 15 is 0 Å². The molecule has 5 heteroatoms. The van der Waals surface area contributed by atoms with Gasteiger partial charge in [-0.2, -0.15) is 0 Å². The molecular weight excluding hydrogens is 274 g/mol. The number of H-pyrrole nitrogens is 1. The molecule has 1 atom stereocenters. The Labute approximate surface area is 118 Å². The second-order valence-electron chi connectivity index (χ2n) is 5.47. The summed E-state index contributed by atoms with van der Waals surface area (Å²) in [6, 6.07) is 5.80. The van der Waals surface area contributed by atoms with E-state index < -0.39 is 15.1 Å². The number of aromatic nitrogens is 1. The lowest BCUT2D eigenvalue weighted by Crippen LogP contribution is -2.35. The van der Waals surface area contributed by atoms with Gasteiger partial charge in [0.05, 0.1) is 5.75 Å². The Hall–Kier alpha value is -1.62. The highest BCUT2D eigenvalue weighted by Crippen LogP contribution is 2.27. The Balaban J connectivity index is 2.06. The lowest BCUT2D eigenvalue weighted by Gasteiger charge is -2.20. The van der Waals surface area contributed by atoms with Crippen molar-refractivity contribution in [1.82, 2.24) is 4.98 Å². The summed E-state index contributed by atoms with van der Waals surface area (Å²) >= 11 is 0. The molecule has 1 saturated heterocycles. The average Bonchev–Trinajstić information content (AvgIpc) is 2.80. The zero-order chi connectivity index (χ0) is 14.3. The third kappa shape index (κ3) is 2.16. The summed E-state index contributed by atoms with van der Waals surface area (Å²) < 4.78 is 24.2. The SMILES string of the molecule is Cc1ccc2[nH]cc(C(=O)C3CCCCS3(=O)=O)c2c1. The minimum absolute atomic E-state index is 0.130. The summed E-state index contributed by atoms with van der Waals surface area (Å²) in [5.74, 6) is -0.133. The van der Waals surface area contributed by atoms with Crippen LogP contribution in [-0.2, 0) is 9.84 Å². The van der Waals surface area contributed by atoms with Crippen molar-refractivity contribution >= 4 is 26.5 Å². The van der Waals surface area contributed by atoms with Crippen LogP contribution >= 0.6 is 0 Å². The largest absolute Gasteiger partial charge is 0.360 e. The summed E-state index contributed by atoms with van der Waals surface area (Å²) in [6.45, 7) is 1.96. The van der Waals surface area contributed by atoms with Crippen LogP contribution in [0.4, 0.5) is 0 Å². The van der Waals surface area contributed by atoms with Crippen LogP contribution in [0, 0.1) is 6.92 Å². The second-order valence-corrected chi connectivity index (χ2v) is 7.77. The molecule has 2 heterocycles. The molecule has 4 nitrogen and oxygen atoms in total. The first kappa shape index (κ1) is 13.4. The molecule has 0 amide bonds. The Bertz CT molecular complexity index is 774. The predicted molar refractivity (Wildman–Crippen MR) is 78.8 cm³/mol. The van der Waals surface area contributed by atoms with Gasteiger partial charge in [0.1, 0.15) is 5.25 Å². The Morgan fingerprint density at radius 2 is 2.10 bits per heavy atom. The first-order chi connectivity index (χ1) is 9.49. The number of aromatic amines is 1. The number of carbonyl (C=O) groups is 1. The van der Waals surface area contributed by atoms with E-state index in [4.69, 9.17) is 0 Å². The van der Waals surface area contributed by atoms with Gasteiger partial charge in [0, 0.05) is 22.7 Å². The van der Waals surface area contributed by atoms with E-state index in [2.05, 4.69) is 4.98 Å². The van der Waals surface area contributed by atoms with Crippen LogP contribution in [0.2, 0.25) is 0 Å². The highest BCUT2D eigenvalue weighted by molar-refractivity contribution is 7.92. The molecule has 0 bridgehead atoms. The van der Waals surface area contributed by atoms with Crippen LogP contribution in [0.15, 0.2) is 24.4 Å². The van der Waals surface area contributed by atoms with E-state index in [9.17, 15) is 13.2 Å². The summed E-state index contributed by atoms with van der Waals surface area (Å²) in [7, 11) is -3.29. The molecular formula is C15H17NO3S. The topological polar surface area (TPSA) is 67.0 Å². The number of benzene rings is 1. The molecule has 106 valence electrons. The molecule has 1 aromatic heterocycles. The van der Waals surface area contributed by atoms with Crippen LogP contribution < -0.4 is 0 Å². The highest BCUT2D eigenvalue weighted by atomic mass is 32.2. The van der Waals surface area contributed by atoms with Crippen LogP contribution in [-0.4, -0.2) is 30.2 Å². The van der Waals surface area contributed by atoms with Crippen molar-refractivity contribution in [1.29, 1.82) is 0 Å². The molecule has 2 aromatic rings. The Kier molecular flexibility index (Phi) is 3.17. The van der Waals surface area contributed by atoms with E-state index in [1.54, 1.807) is 6.20 Å². The third-order valence-corrected chi connectivity index (χ3v) is 6.15. The number of aryl methyl sites for hydroxylation is 1. The smallest absolute Gasteiger partial charge is 0.183 e. The van der Waals surface area contributed by atoms with Gasteiger partial charge < -0.3 is 4.98 Å². The summed E-state index contributed by atoms with van der Waals surface area (Å²) in [5.41, 5.74) is 2.42. The van der Waals surface area contributed by atoms with Crippen LogP contribution in [0.5, 0.6) is 0 Å². The quantitative estimate of drug-likeness (QED) is 0.865. The van der Waals surface area contributed by atoms with E-state index in [1.807, 2.05) is 25.1 Å². The highest BCUT2D eigenvalue weighted by Gasteiger charge is 2.36.